The van der Waals surface area contributed by atoms with Crippen molar-refractivity contribution < 1.29 is 14.0 Å². The van der Waals surface area contributed by atoms with Crippen molar-refractivity contribution in [3.8, 4) is 0 Å². The molecule has 1 fully saturated rings. The van der Waals surface area contributed by atoms with E-state index in [0.29, 0.717) is 32.6 Å². The van der Waals surface area contributed by atoms with Crippen LogP contribution in [0.2, 0.25) is 0 Å². The minimum atomic E-state index is -3.73. The standard InChI is InChI=1S/C21H29N2O3P/c1-3-18(2)26-27(24,25)23-16-14-22(15-17-23)21(19-10-6-4-7-11-19)20-12-8-5-9-13-20/h4-13,18,21H,3,14-17H2,1-2H3,(H,24,25). The molecule has 2 aromatic rings. The monoisotopic (exact) mass is 388 g/mol. The normalized spacial score (nSPS) is 19.7. The maximum absolute atomic E-state index is 12.6. The van der Waals surface area contributed by atoms with Gasteiger partial charge in [-0.2, -0.15) is 0 Å². The lowest BCUT2D eigenvalue weighted by Crippen LogP contribution is -2.46. The van der Waals surface area contributed by atoms with Crippen LogP contribution in [0, 0.1) is 0 Å². The number of piperazine rings is 1. The van der Waals surface area contributed by atoms with Crippen molar-refractivity contribution in [1.82, 2.24) is 9.57 Å². The largest absolute Gasteiger partial charge is 0.405 e. The van der Waals surface area contributed by atoms with Gasteiger partial charge in [-0.05, 0) is 24.5 Å². The summed E-state index contributed by atoms with van der Waals surface area (Å²) in [6.07, 6.45) is 0.495. The summed E-state index contributed by atoms with van der Waals surface area (Å²) in [4.78, 5) is 12.7. The second kappa shape index (κ2) is 9.13. The lowest BCUT2D eigenvalue weighted by Gasteiger charge is -2.40. The Labute approximate surface area is 162 Å². The molecule has 27 heavy (non-hydrogen) atoms. The van der Waals surface area contributed by atoms with Crippen LogP contribution in [0.1, 0.15) is 37.4 Å². The Bertz CT molecular complexity index is 709. The molecule has 0 spiro atoms. The smallest absolute Gasteiger partial charge is 0.312 e. The highest BCUT2D eigenvalue weighted by Gasteiger charge is 2.36. The van der Waals surface area contributed by atoms with Crippen LogP contribution in [0.5, 0.6) is 0 Å². The van der Waals surface area contributed by atoms with E-state index in [2.05, 4.69) is 53.4 Å². The van der Waals surface area contributed by atoms with Gasteiger partial charge in [0, 0.05) is 26.2 Å². The average molecular weight is 388 g/mol. The SMILES string of the molecule is CCC(C)OP(=O)(O)N1CCN(C(c2ccccc2)c2ccccc2)CC1. The third kappa shape index (κ3) is 5.07. The highest BCUT2D eigenvalue weighted by atomic mass is 31.2. The Morgan fingerprint density at radius 3 is 1.89 bits per heavy atom. The number of nitrogens with zero attached hydrogens (tertiary/aromatic N) is 2. The Morgan fingerprint density at radius 1 is 0.963 bits per heavy atom. The number of hydrogen-bond acceptors (Lipinski definition) is 3. The van der Waals surface area contributed by atoms with Gasteiger partial charge < -0.3 is 4.89 Å². The van der Waals surface area contributed by atoms with Crippen molar-refractivity contribution in [3.05, 3.63) is 71.8 Å². The van der Waals surface area contributed by atoms with Crippen molar-refractivity contribution >= 4 is 7.75 Å². The van der Waals surface area contributed by atoms with Crippen LogP contribution >= 0.6 is 7.75 Å². The summed E-state index contributed by atoms with van der Waals surface area (Å²) in [6, 6.07) is 21.0. The van der Waals surface area contributed by atoms with Crippen LogP contribution in [0.15, 0.2) is 60.7 Å². The van der Waals surface area contributed by atoms with Crippen molar-refractivity contribution in [2.24, 2.45) is 0 Å². The fourth-order valence-electron chi connectivity index (χ4n) is 3.48. The summed E-state index contributed by atoms with van der Waals surface area (Å²) in [7, 11) is -3.73. The van der Waals surface area contributed by atoms with Crippen LogP contribution in [0.4, 0.5) is 0 Å². The summed E-state index contributed by atoms with van der Waals surface area (Å²) in [5.41, 5.74) is 2.47. The molecule has 0 amide bonds. The molecule has 0 aromatic heterocycles. The molecule has 2 atom stereocenters. The molecule has 3 rings (SSSR count). The zero-order chi connectivity index (χ0) is 19.3. The fourth-order valence-corrected chi connectivity index (χ4v) is 4.92. The van der Waals surface area contributed by atoms with Crippen LogP contribution in [0.3, 0.4) is 0 Å². The lowest BCUT2D eigenvalue weighted by molar-refractivity contribution is 0.105. The first-order valence-corrected chi connectivity index (χ1v) is 11.1. The van der Waals surface area contributed by atoms with Crippen molar-refractivity contribution in [2.75, 3.05) is 26.2 Å². The van der Waals surface area contributed by atoms with Crippen LogP contribution in [-0.4, -0.2) is 46.7 Å². The van der Waals surface area contributed by atoms with E-state index in [1.165, 1.54) is 11.1 Å². The molecule has 1 saturated heterocycles. The Morgan fingerprint density at radius 2 is 1.44 bits per heavy atom. The van der Waals surface area contributed by atoms with Gasteiger partial charge in [0.1, 0.15) is 0 Å². The maximum atomic E-state index is 12.6. The molecule has 5 nitrogen and oxygen atoms in total. The molecule has 0 radical (unpaired) electrons. The number of benzene rings is 2. The molecular weight excluding hydrogens is 359 g/mol. The minimum absolute atomic E-state index is 0.142. The molecule has 1 N–H and O–H groups in total. The van der Waals surface area contributed by atoms with E-state index in [-0.39, 0.29) is 12.1 Å². The molecular formula is C21H29N2O3P. The van der Waals surface area contributed by atoms with Crippen molar-refractivity contribution in [1.29, 1.82) is 0 Å². The van der Waals surface area contributed by atoms with E-state index in [1.54, 1.807) is 4.67 Å². The van der Waals surface area contributed by atoms with Crippen molar-refractivity contribution in [3.63, 3.8) is 0 Å². The Balaban J connectivity index is 1.75. The van der Waals surface area contributed by atoms with Crippen LogP contribution in [-0.2, 0) is 9.09 Å². The highest BCUT2D eigenvalue weighted by Crippen LogP contribution is 2.48. The summed E-state index contributed by atoms with van der Waals surface area (Å²) < 4.78 is 19.6. The first-order chi connectivity index (χ1) is 13.0. The second-order valence-electron chi connectivity index (χ2n) is 7.03. The molecule has 1 heterocycles. The van der Waals surface area contributed by atoms with E-state index in [0.717, 1.165) is 0 Å². The van der Waals surface area contributed by atoms with E-state index in [4.69, 9.17) is 4.52 Å². The summed E-state index contributed by atoms with van der Waals surface area (Å²) >= 11 is 0. The van der Waals surface area contributed by atoms with Crippen molar-refractivity contribution in [2.45, 2.75) is 32.4 Å². The predicted octanol–water partition coefficient (Wildman–Crippen LogP) is 4.31. The van der Waals surface area contributed by atoms with E-state index >= 15 is 0 Å². The minimum Gasteiger partial charge on any atom is -0.312 e. The summed E-state index contributed by atoms with van der Waals surface area (Å²) in [6.45, 7) is 6.24. The molecule has 2 unspecified atom stereocenters. The van der Waals surface area contributed by atoms with Gasteiger partial charge in [0.25, 0.3) is 0 Å². The molecule has 2 aromatic carbocycles. The highest BCUT2D eigenvalue weighted by molar-refractivity contribution is 7.50. The van der Waals surface area contributed by atoms with E-state index in [9.17, 15) is 9.46 Å². The van der Waals surface area contributed by atoms with Gasteiger partial charge in [0.2, 0.25) is 0 Å². The number of rotatable bonds is 7. The van der Waals surface area contributed by atoms with Gasteiger partial charge in [-0.3, -0.25) is 9.42 Å². The van der Waals surface area contributed by atoms with Gasteiger partial charge in [-0.25, -0.2) is 9.24 Å². The van der Waals surface area contributed by atoms with Crippen LogP contribution < -0.4 is 0 Å². The maximum Gasteiger partial charge on any atom is 0.405 e. The van der Waals surface area contributed by atoms with E-state index in [1.807, 2.05) is 26.0 Å². The summed E-state index contributed by atoms with van der Waals surface area (Å²) in [5, 5.41) is 0. The quantitative estimate of drug-likeness (QED) is 0.717. The van der Waals surface area contributed by atoms with Gasteiger partial charge in [-0.1, -0.05) is 67.6 Å². The molecule has 0 bridgehead atoms. The third-order valence-electron chi connectivity index (χ3n) is 5.14. The molecule has 0 saturated carbocycles. The third-order valence-corrected chi connectivity index (χ3v) is 6.89. The predicted molar refractivity (Wildman–Crippen MR) is 109 cm³/mol. The molecule has 1 aliphatic heterocycles. The molecule has 1 aliphatic rings. The zero-order valence-corrected chi connectivity index (χ0v) is 17.0. The topological polar surface area (TPSA) is 53.0 Å². The van der Waals surface area contributed by atoms with Gasteiger partial charge in [0.05, 0.1) is 12.1 Å². The summed E-state index contributed by atoms with van der Waals surface area (Å²) in [5.74, 6) is 0. The molecule has 0 aliphatic carbocycles. The van der Waals surface area contributed by atoms with Gasteiger partial charge >= 0.3 is 7.75 Å². The van der Waals surface area contributed by atoms with E-state index < -0.39 is 7.75 Å². The van der Waals surface area contributed by atoms with Gasteiger partial charge in [0.15, 0.2) is 0 Å². The first-order valence-electron chi connectivity index (χ1n) is 9.62. The average Bonchev–Trinajstić information content (AvgIpc) is 2.70. The lowest BCUT2D eigenvalue weighted by atomic mass is 9.96. The Kier molecular flexibility index (Phi) is 6.85. The van der Waals surface area contributed by atoms with Gasteiger partial charge in [-0.15, -0.1) is 0 Å². The number of hydrogen-bond donors (Lipinski definition) is 1. The Hall–Kier alpha value is -1.49. The second-order valence-corrected chi connectivity index (χ2v) is 8.79. The zero-order valence-electron chi connectivity index (χ0n) is 16.1. The first kappa shape index (κ1) is 20.2. The van der Waals surface area contributed by atoms with Crippen LogP contribution in [0.25, 0.3) is 0 Å². The molecule has 6 heteroatoms. The molecule has 146 valence electrons. The fraction of sp³-hybridized carbons (Fsp3) is 0.429.